The van der Waals surface area contributed by atoms with Gasteiger partial charge in [-0.05, 0) is 62.6 Å². The van der Waals surface area contributed by atoms with Crippen LogP contribution in [0.1, 0.15) is 50.5 Å². The molecule has 6 heteroatoms. The fourth-order valence-corrected chi connectivity index (χ4v) is 3.42. The van der Waals surface area contributed by atoms with Crippen molar-refractivity contribution in [3.63, 3.8) is 0 Å². The van der Waals surface area contributed by atoms with Crippen LogP contribution in [0.2, 0.25) is 0 Å². The summed E-state index contributed by atoms with van der Waals surface area (Å²) in [5.41, 5.74) is 5.02. The number of nitrogens with zero attached hydrogens (tertiary/aromatic N) is 2. The summed E-state index contributed by atoms with van der Waals surface area (Å²) >= 11 is 0. The van der Waals surface area contributed by atoms with Crippen molar-refractivity contribution in [1.82, 2.24) is 20.2 Å². The van der Waals surface area contributed by atoms with Crippen molar-refractivity contribution >= 4 is 11.8 Å². The van der Waals surface area contributed by atoms with E-state index in [2.05, 4.69) is 15.6 Å². The number of carbonyl (C=O) groups is 2. The molecule has 2 aromatic heterocycles. The van der Waals surface area contributed by atoms with Crippen LogP contribution in [0.4, 0.5) is 0 Å². The zero-order valence-electron chi connectivity index (χ0n) is 16.6. The Morgan fingerprint density at radius 2 is 1.86 bits per heavy atom. The molecule has 0 radical (unpaired) electrons. The van der Waals surface area contributed by atoms with E-state index in [4.69, 9.17) is 0 Å². The Labute approximate surface area is 170 Å². The second-order valence-electron chi connectivity index (χ2n) is 7.46. The van der Waals surface area contributed by atoms with Crippen LogP contribution < -0.4 is 10.6 Å². The molecule has 2 amide bonds. The Morgan fingerprint density at radius 1 is 1.10 bits per heavy atom. The molecule has 3 aromatic rings. The molecule has 6 nitrogen and oxygen atoms in total. The van der Waals surface area contributed by atoms with Crippen LogP contribution in [0.5, 0.6) is 0 Å². The van der Waals surface area contributed by atoms with Crippen molar-refractivity contribution in [2.75, 3.05) is 0 Å². The highest BCUT2D eigenvalue weighted by Gasteiger charge is 2.23. The van der Waals surface area contributed by atoms with Crippen molar-refractivity contribution in [2.45, 2.75) is 39.3 Å². The van der Waals surface area contributed by atoms with Crippen LogP contribution >= 0.6 is 0 Å². The van der Waals surface area contributed by atoms with Crippen LogP contribution in [0.3, 0.4) is 0 Å². The molecule has 29 heavy (non-hydrogen) atoms. The Bertz CT molecular complexity index is 1030. The Kier molecular flexibility index (Phi) is 5.16. The molecule has 4 rings (SSSR count). The van der Waals surface area contributed by atoms with Crippen molar-refractivity contribution in [1.29, 1.82) is 0 Å². The van der Waals surface area contributed by atoms with Gasteiger partial charge in [0.25, 0.3) is 11.8 Å². The van der Waals surface area contributed by atoms with Gasteiger partial charge in [-0.1, -0.05) is 12.1 Å². The molecule has 2 heterocycles. The largest absolute Gasteiger partial charge is 0.349 e. The predicted octanol–water partition coefficient (Wildman–Crippen LogP) is 3.31. The van der Waals surface area contributed by atoms with Gasteiger partial charge in [-0.3, -0.25) is 14.6 Å². The molecule has 0 spiro atoms. The van der Waals surface area contributed by atoms with E-state index in [1.54, 1.807) is 24.5 Å². The van der Waals surface area contributed by atoms with Crippen LogP contribution in [0.25, 0.3) is 5.69 Å². The first-order valence-electron chi connectivity index (χ1n) is 9.80. The lowest BCUT2D eigenvalue weighted by Gasteiger charge is -2.10. The number of amides is 2. The SMILES string of the molecule is Cc1cc(C(=O)NCc2ccc(C(=O)NC3CC3)cc2)c(C)n1-c1cccnc1. The van der Waals surface area contributed by atoms with Gasteiger partial charge in [-0.2, -0.15) is 0 Å². The molecule has 1 aromatic carbocycles. The zero-order valence-corrected chi connectivity index (χ0v) is 16.6. The Hall–Kier alpha value is -3.41. The number of aryl methyl sites for hydroxylation is 1. The van der Waals surface area contributed by atoms with E-state index in [9.17, 15) is 9.59 Å². The van der Waals surface area contributed by atoms with E-state index < -0.39 is 0 Å². The molecule has 1 fully saturated rings. The van der Waals surface area contributed by atoms with Gasteiger partial charge in [0.05, 0.1) is 17.4 Å². The first-order valence-corrected chi connectivity index (χ1v) is 9.80. The number of hydrogen-bond donors (Lipinski definition) is 2. The normalized spacial score (nSPS) is 13.2. The fraction of sp³-hybridized carbons (Fsp3) is 0.261. The summed E-state index contributed by atoms with van der Waals surface area (Å²) in [6.07, 6.45) is 5.64. The maximum absolute atomic E-state index is 12.7. The van der Waals surface area contributed by atoms with Crippen molar-refractivity contribution in [2.24, 2.45) is 0 Å². The van der Waals surface area contributed by atoms with Gasteiger partial charge in [0.15, 0.2) is 0 Å². The zero-order chi connectivity index (χ0) is 20.4. The van der Waals surface area contributed by atoms with Gasteiger partial charge >= 0.3 is 0 Å². The van der Waals surface area contributed by atoms with Crippen LogP contribution in [0, 0.1) is 13.8 Å². The third-order valence-corrected chi connectivity index (χ3v) is 5.16. The maximum atomic E-state index is 12.7. The van der Waals surface area contributed by atoms with E-state index >= 15 is 0 Å². The van der Waals surface area contributed by atoms with E-state index in [1.807, 2.05) is 48.7 Å². The third-order valence-electron chi connectivity index (χ3n) is 5.16. The number of carbonyl (C=O) groups excluding carboxylic acids is 2. The minimum absolute atomic E-state index is 0.0362. The van der Waals surface area contributed by atoms with Gasteiger partial charge in [-0.15, -0.1) is 0 Å². The second-order valence-corrected chi connectivity index (χ2v) is 7.46. The van der Waals surface area contributed by atoms with Gasteiger partial charge in [0.2, 0.25) is 0 Å². The highest BCUT2D eigenvalue weighted by atomic mass is 16.2. The molecule has 148 valence electrons. The number of hydrogen-bond acceptors (Lipinski definition) is 3. The molecule has 0 saturated heterocycles. The average molecular weight is 388 g/mol. The van der Waals surface area contributed by atoms with Crippen molar-refractivity contribution in [3.8, 4) is 5.69 Å². The number of aromatic nitrogens is 2. The summed E-state index contributed by atoms with van der Waals surface area (Å²) in [6, 6.07) is 13.4. The summed E-state index contributed by atoms with van der Waals surface area (Å²) in [6.45, 7) is 4.31. The molecule has 1 saturated carbocycles. The smallest absolute Gasteiger partial charge is 0.253 e. The third kappa shape index (κ3) is 4.21. The van der Waals surface area contributed by atoms with Gasteiger partial charge in [-0.25, -0.2) is 0 Å². The van der Waals surface area contributed by atoms with Crippen molar-refractivity contribution < 1.29 is 9.59 Å². The van der Waals surface area contributed by atoms with E-state index in [0.717, 1.165) is 35.5 Å². The van der Waals surface area contributed by atoms with E-state index in [-0.39, 0.29) is 11.8 Å². The standard InChI is InChI=1S/C23H24N4O2/c1-15-12-21(16(2)27(15)20-4-3-11-24-14-20)23(29)25-13-17-5-7-18(8-6-17)22(28)26-19-9-10-19/h3-8,11-12,14,19H,9-10,13H2,1-2H3,(H,25,29)(H,26,28). The molecule has 0 atom stereocenters. The fourth-order valence-electron chi connectivity index (χ4n) is 3.42. The molecule has 1 aliphatic rings. The maximum Gasteiger partial charge on any atom is 0.253 e. The summed E-state index contributed by atoms with van der Waals surface area (Å²) in [7, 11) is 0. The van der Waals surface area contributed by atoms with Crippen LogP contribution in [-0.4, -0.2) is 27.4 Å². The molecule has 0 unspecified atom stereocenters. The molecular formula is C23H24N4O2. The van der Waals surface area contributed by atoms with Gasteiger partial charge in [0, 0.05) is 35.7 Å². The molecule has 0 bridgehead atoms. The van der Waals surface area contributed by atoms with Gasteiger partial charge < -0.3 is 15.2 Å². The lowest BCUT2D eigenvalue weighted by molar-refractivity contribution is 0.0941. The highest BCUT2D eigenvalue weighted by molar-refractivity contribution is 5.96. The predicted molar refractivity (Wildman–Crippen MR) is 111 cm³/mol. The molecule has 0 aliphatic heterocycles. The topological polar surface area (TPSA) is 76.0 Å². The summed E-state index contributed by atoms with van der Waals surface area (Å²) in [4.78, 5) is 29.0. The second kappa shape index (κ2) is 7.91. The summed E-state index contributed by atoms with van der Waals surface area (Å²) in [5, 5.41) is 5.94. The number of benzene rings is 1. The van der Waals surface area contributed by atoms with E-state index in [1.165, 1.54) is 0 Å². The van der Waals surface area contributed by atoms with Crippen molar-refractivity contribution in [3.05, 3.63) is 82.9 Å². The van der Waals surface area contributed by atoms with Crippen LogP contribution in [0.15, 0.2) is 54.9 Å². The molecule has 2 N–H and O–H groups in total. The lowest BCUT2D eigenvalue weighted by atomic mass is 10.1. The van der Waals surface area contributed by atoms with E-state index in [0.29, 0.717) is 23.7 Å². The Morgan fingerprint density at radius 3 is 2.52 bits per heavy atom. The highest BCUT2D eigenvalue weighted by Crippen LogP contribution is 2.21. The summed E-state index contributed by atoms with van der Waals surface area (Å²) < 4.78 is 2.02. The van der Waals surface area contributed by atoms with Crippen LogP contribution in [-0.2, 0) is 6.54 Å². The number of rotatable bonds is 6. The quantitative estimate of drug-likeness (QED) is 0.680. The molecular weight excluding hydrogens is 364 g/mol. The Balaban J connectivity index is 1.41. The monoisotopic (exact) mass is 388 g/mol. The molecule has 1 aliphatic carbocycles. The first kappa shape index (κ1) is 18.9. The number of pyridine rings is 1. The minimum Gasteiger partial charge on any atom is -0.349 e. The average Bonchev–Trinajstić information content (AvgIpc) is 3.50. The number of nitrogens with one attached hydrogen (secondary N) is 2. The van der Waals surface area contributed by atoms with Gasteiger partial charge in [0.1, 0.15) is 0 Å². The lowest BCUT2D eigenvalue weighted by Crippen LogP contribution is -2.25. The summed E-state index contributed by atoms with van der Waals surface area (Å²) in [5.74, 6) is -0.158. The first-order chi connectivity index (χ1) is 14.0. The minimum atomic E-state index is -0.121.